The van der Waals surface area contributed by atoms with Gasteiger partial charge in [-0.2, -0.15) is 0 Å². The molecule has 2 rings (SSSR count). The van der Waals surface area contributed by atoms with E-state index in [0.717, 1.165) is 15.7 Å². The zero-order valence-electron chi connectivity index (χ0n) is 11.3. The van der Waals surface area contributed by atoms with Gasteiger partial charge in [0.2, 0.25) is 0 Å². The van der Waals surface area contributed by atoms with Gasteiger partial charge < -0.3 is 9.67 Å². The van der Waals surface area contributed by atoms with E-state index in [4.69, 9.17) is 5.11 Å². The van der Waals surface area contributed by atoms with Crippen LogP contribution in [0.4, 0.5) is 0 Å². The standard InChI is InChI=1S/C15H13Br2NO3/c1-9-12(16)8-13(17)14(19)18(9)7-6-10-2-4-11(5-3-10)15(20)21/h2-5,8H,6-7H2,1H3,(H,20,21). The topological polar surface area (TPSA) is 59.3 Å². The molecule has 6 heteroatoms. The molecule has 0 atom stereocenters. The lowest BCUT2D eigenvalue weighted by atomic mass is 10.1. The Morgan fingerprint density at radius 2 is 1.81 bits per heavy atom. The molecule has 2 aromatic rings. The van der Waals surface area contributed by atoms with Crippen LogP contribution in [0.2, 0.25) is 0 Å². The molecule has 1 N–H and O–H groups in total. The molecular formula is C15H13Br2NO3. The molecule has 1 aromatic heterocycles. The third kappa shape index (κ3) is 3.63. The van der Waals surface area contributed by atoms with Crippen molar-refractivity contribution in [3.8, 4) is 0 Å². The second-order valence-corrected chi connectivity index (χ2v) is 6.34. The van der Waals surface area contributed by atoms with Crippen LogP contribution in [0.1, 0.15) is 21.6 Å². The van der Waals surface area contributed by atoms with Gasteiger partial charge in [0, 0.05) is 16.7 Å². The average Bonchev–Trinajstić information content (AvgIpc) is 2.45. The fourth-order valence-corrected chi connectivity index (χ4v) is 3.20. The lowest BCUT2D eigenvalue weighted by Crippen LogP contribution is -2.24. The monoisotopic (exact) mass is 413 g/mol. The van der Waals surface area contributed by atoms with Crippen molar-refractivity contribution in [3.05, 3.63) is 66.5 Å². The van der Waals surface area contributed by atoms with Crippen molar-refractivity contribution in [1.29, 1.82) is 0 Å². The van der Waals surface area contributed by atoms with Crippen molar-refractivity contribution in [2.24, 2.45) is 0 Å². The molecule has 0 amide bonds. The SMILES string of the molecule is Cc1c(Br)cc(Br)c(=O)n1CCc1ccc(C(=O)O)cc1. The number of hydrogen-bond donors (Lipinski definition) is 1. The maximum atomic E-state index is 12.1. The smallest absolute Gasteiger partial charge is 0.335 e. The van der Waals surface area contributed by atoms with E-state index in [-0.39, 0.29) is 11.1 Å². The number of pyridine rings is 1. The van der Waals surface area contributed by atoms with Crippen molar-refractivity contribution in [2.75, 3.05) is 0 Å². The van der Waals surface area contributed by atoms with Crippen molar-refractivity contribution in [1.82, 2.24) is 4.57 Å². The lowest BCUT2D eigenvalue weighted by Gasteiger charge is -2.12. The van der Waals surface area contributed by atoms with Crippen LogP contribution in [0, 0.1) is 6.92 Å². The maximum absolute atomic E-state index is 12.1. The lowest BCUT2D eigenvalue weighted by molar-refractivity contribution is 0.0697. The molecule has 0 radical (unpaired) electrons. The van der Waals surface area contributed by atoms with Gasteiger partial charge in [0.15, 0.2) is 0 Å². The summed E-state index contributed by atoms with van der Waals surface area (Å²) in [6.45, 7) is 2.42. The van der Waals surface area contributed by atoms with E-state index in [9.17, 15) is 9.59 Å². The van der Waals surface area contributed by atoms with Crippen LogP contribution < -0.4 is 5.56 Å². The number of carboxylic acid groups (broad SMARTS) is 1. The Balaban J connectivity index is 2.20. The normalized spacial score (nSPS) is 10.6. The number of aryl methyl sites for hydroxylation is 1. The van der Waals surface area contributed by atoms with E-state index in [2.05, 4.69) is 31.9 Å². The second kappa shape index (κ2) is 6.58. The number of carbonyl (C=O) groups is 1. The molecule has 110 valence electrons. The molecule has 0 aliphatic rings. The first-order valence-electron chi connectivity index (χ1n) is 6.28. The molecule has 0 aliphatic carbocycles. The summed E-state index contributed by atoms with van der Waals surface area (Å²) < 4.78 is 3.08. The molecule has 0 fully saturated rings. The zero-order valence-corrected chi connectivity index (χ0v) is 14.4. The van der Waals surface area contributed by atoms with Gasteiger partial charge in [-0.25, -0.2) is 4.79 Å². The molecular weight excluding hydrogens is 402 g/mol. The maximum Gasteiger partial charge on any atom is 0.335 e. The van der Waals surface area contributed by atoms with Gasteiger partial charge in [0.25, 0.3) is 5.56 Å². The van der Waals surface area contributed by atoms with Crippen molar-refractivity contribution >= 4 is 37.8 Å². The summed E-state index contributed by atoms with van der Waals surface area (Å²) in [6.07, 6.45) is 0.656. The zero-order chi connectivity index (χ0) is 15.6. The van der Waals surface area contributed by atoms with E-state index in [1.165, 1.54) is 0 Å². The number of carboxylic acids is 1. The Hall–Kier alpha value is -1.40. The molecule has 0 aliphatic heterocycles. The second-order valence-electron chi connectivity index (χ2n) is 4.63. The van der Waals surface area contributed by atoms with Gasteiger partial charge >= 0.3 is 5.97 Å². The van der Waals surface area contributed by atoms with Crippen LogP contribution in [0.3, 0.4) is 0 Å². The van der Waals surface area contributed by atoms with E-state index in [0.29, 0.717) is 17.4 Å². The third-order valence-electron chi connectivity index (χ3n) is 3.28. The van der Waals surface area contributed by atoms with E-state index in [1.807, 2.05) is 6.92 Å². The number of halogens is 2. The third-order valence-corrected chi connectivity index (χ3v) is 4.65. The first-order chi connectivity index (χ1) is 9.90. The predicted molar refractivity (Wildman–Crippen MR) is 87.9 cm³/mol. The van der Waals surface area contributed by atoms with Gasteiger partial charge in [-0.3, -0.25) is 4.79 Å². The van der Waals surface area contributed by atoms with E-state index in [1.54, 1.807) is 34.9 Å². The number of hydrogen-bond acceptors (Lipinski definition) is 2. The molecule has 1 heterocycles. The highest BCUT2D eigenvalue weighted by atomic mass is 79.9. The van der Waals surface area contributed by atoms with Gasteiger partial charge in [-0.1, -0.05) is 12.1 Å². The summed E-state index contributed by atoms with van der Waals surface area (Å²) in [7, 11) is 0. The van der Waals surface area contributed by atoms with Crippen molar-refractivity contribution in [2.45, 2.75) is 19.9 Å². The molecule has 0 bridgehead atoms. The minimum absolute atomic E-state index is 0.0714. The first-order valence-corrected chi connectivity index (χ1v) is 7.86. The largest absolute Gasteiger partial charge is 0.478 e. The van der Waals surface area contributed by atoms with Crippen LogP contribution in [0.25, 0.3) is 0 Å². The van der Waals surface area contributed by atoms with Crippen LogP contribution in [-0.4, -0.2) is 15.6 Å². The van der Waals surface area contributed by atoms with Gasteiger partial charge in [-0.05, 0) is 69.0 Å². The highest BCUT2D eigenvalue weighted by Gasteiger charge is 2.09. The molecule has 0 saturated carbocycles. The molecule has 1 aromatic carbocycles. The molecule has 21 heavy (non-hydrogen) atoms. The highest BCUT2D eigenvalue weighted by Crippen LogP contribution is 2.18. The number of aromatic nitrogens is 1. The number of benzene rings is 1. The summed E-state index contributed by atoms with van der Waals surface area (Å²) in [6, 6.07) is 8.44. The number of aromatic carboxylic acids is 1. The first kappa shape index (κ1) is 16.0. The summed E-state index contributed by atoms with van der Waals surface area (Å²) in [5, 5.41) is 8.86. The van der Waals surface area contributed by atoms with Gasteiger partial charge in [0.1, 0.15) is 0 Å². The fourth-order valence-electron chi connectivity index (χ4n) is 2.01. The minimum atomic E-state index is -0.940. The quantitative estimate of drug-likeness (QED) is 0.830. The van der Waals surface area contributed by atoms with Crippen LogP contribution >= 0.6 is 31.9 Å². The van der Waals surface area contributed by atoms with Gasteiger partial charge in [-0.15, -0.1) is 0 Å². The minimum Gasteiger partial charge on any atom is -0.478 e. The van der Waals surface area contributed by atoms with Crippen LogP contribution in [0.15, 0.2) is 44.1 Å². The summed E-state index contributed by atoms with van der Waals surface area (Å²) in [5.41, 5.74) is 2.04. The summed E-state index contributed by atoms with van der Waals surface area (Å²) in [4.78, 5) is 22.9. The molecule has 0 saturated heterocycles. The fraction of sp³-hybridized carbons (Fsp3) is 0.200. The van der Waals surface area contributed by atoms with E-state index < -0.39 is 5.97 Å². The number of rotatable bonds is 4. The van der Waals surface area contributed by atoms with Crippen molar-refractivity contribution < 1.29 is 9.90 Å². The Labute approximate surface area is 138 Å². The van der Waals surface area contributed by atoms with Crippen molar-refractivity contribution in [3.63, 3.8) is 0 Å². The number of nitrogens with zero attached hydrogens (tertiary/aromatic N) is 1. The molecule has 4 nitrogen and oxygen atoms in total. The summed E-state index contributed by atoms with van der Waals surface area (Å²) in [5.74, 6) is -0.940. The predicted octanol–water partition coefficient (Wildman–Crippen LogP) is 3.62. The average molecular weight is 415 g/mol. The molecule has 0 spiro atoms. The Morgan fingerprint density at radius 1 is 1.19 bits per heavy atom. The highest BCUT2D eigenvalue weighted by molar-refractivity contribution is 9.11. The van der Waals surface area contributed by atoms with Gasteiger partial charge in [0.05, 0.1) is 10.0 Å². The Bertz CT molecular complexity index is 736. The Morgan fingerprint density at radius 3 is 2.38 bits per heavy atom. The summed E-state index contributed by atoms with van der Waals surface area (Å²) >= 11 is 6.68. The van der Waals surface area contributed by atoms with Crippen LogP contribution in [-0.2, 0) is 13.0 Å². The van der Waals surface area contributed by atoms with Crippen LogP contribution in [0.5, 0.6) is 0 Å². The molecule has 0 unspecified atom stereocenters. The van der Waals surface area contributed by atoms with E-state index >= 15 is 0 Å². The Kier molecular flexibility index (Phi) is 5.00.